The second kappa shape index (κ2) is 10.1. The molecule has 0 aliphatic carbocycles. The van der Waals surface area contributed by atoms with Crippen molar-refractivity contribution in [3.8, 4) is 11.5 Å². The number of aliphatic hydroxyl groups excluding tert-OH is 1. The van der Waals surface area contributed by atoms with Gasteiger partial charge >= 0.3 is 5.91 Å². The first kappa shape index (κ1) is 24.5. The molecule has 1 amide bonds. The van der Waals surface area contributed by atoms with E-state index in [0.29, 0.717) is 34.4 Å². The molecule has 1 unspecified atom stereocenters. The van der Waals surface area contributed by atoms with Crippen molar-refractivity contribution in [1.29, 1.82) is 0 Å². The second-order valence-corrected chi connectivity index (χ2v) is 9.79. The number of aliphatic hydroxyl groups is 1. The summed E-state index contributed by atoms with van der Waals surface area (Å²) in [5.74, 6) is -0.448. The highest BCUT2D eigenvalue weighted by molar-refractivity contribution is 7.22. The van der Waals surface area contributed by atoms with E-state index in [1.807, 2.05) is 32.0 Å². The van der Waals surface area contributed by atoms with E-state index in [1.54, 1.807) is 55.6 Å². The third-order valence-electron chi connectivity index (χ3n) is 6.22. The van der Waals surface area contributed by atoms with Crippen molar-refractivity contribution < 1.29 is 24.2 Å². The molecule has 0 radical (unpaired) electrons. The molecule has 1 fully saturated rings. The number of fused-ring (bicyclic) bond motifs is 1. The summed E-state index contributed by atoms with van der Waals surface area (Å²) in [4.78, 5) is 32.9. The van der Waals surface area contributed by atoms with E-state index in [9.17, 15) is 14.7 Å². The molecule has 0 bridgehead atoms. The largest absolute Gasteiger partial charge is 0.507 e. The normalized spacial score (nSPS) is 16.9. The van der Waals surface area contributed by atoms with Gasteiger partial charge in [-0.2, -0.15) is 0 Å². The Morgan fingerprint density at radius 1 is 1.03 bits per heavy atom. The molecule has 8 heteroatoms. The van der Waals surface area contributed by atoms with Crippen LogP contribution in [-0.2, 0) is 9.59 Å². The third-order valence-corrected chi connectivity index (χ3v) is 7.23. The number of thiazole rings is 1. The molecule has 3 aromatic carbocycles. The zero-order valence-electron chi connectivity index (χ0n) is 20.7. The molecule has 1 aliphatic heterocycles. The van der Waals surface area contributed by atoms with Crippen LogP contribution in [0, 0.1) is 6.92 Å². The van der Waals surface area contributed by atoms with Crippen LogP contribution in [0.5, 0.6) is 11.5 Å². The van der Waals surface area contributed by atoms with Gasteiger partial charge in [0.2, 0.25) is 0 Å². The fourth-order valence-electron chi connectivity index (χ4n) is 4.34. The van der Waals surface area contributed by atoms with E-state index >= 15 is 0 Å². The minimum atomic E-state index is -0.858. The summed E-state index contributed by atoms with van der Waals surface area (Å²) in [6, 6.07) is 18.9. The highest BCUT2D eigenvalue weighted by Crippen LogP contribution is 2.44. The molecule has 1 aliphatic rings. The number of ether oxygens (including phenoxy) is 2. The van der Waals surface area contributed by atoms with Crippen molar-refractivity contribution in [2.24, 2.45) is 0 Å². The van der Waals surface area contributed by atoms with Crippen LogP contribution in [0.4, 0.5) is 5.13 Å². The summed E-state index contributed by atoms with van der Waals surface area (Å²) in [7, 11) is 1.57. The lowest BCUT2D eigenvalue weighted by Crippen LogP contribution is -2.29. The van der Waals surface area contributed by atoms with Crippen molar-refractivity contribution in [3.05, 3.63) is 89.0 Å². The van der Waals surface area contributed by atoms with Gasteiger partial charge in [0, 0.05) is 5.56 Å². The number of Topliss-reactive ketones (excluding diaryl/α,β-unsaturated/α-hetero) is 1. The number of nitrogens with zero attached hydrogens (tertiary/aromatic N) is 2. The summed E-state index contributed by atoms with van der Waals surface area (Å²) in [5.41, 5.74) is 2.89. The van der Waals surface area contributed by atoms with Gasteiger partial charge in [-0.3, -0.25) is 14.5 Å². The molecule has 4 aromatic rings. The van der Waals surface area contributed by atoms with E-state index < -0.39 is 17.7 Å². The monoisotopic (exact) mass is 514 g/mol. The predicted octanol–water partition coefficient (Wildman–Crippen LogP) is 6.03. The molecule has 1 saturated heterocycles. The minimum absolute atomic E-state index is 0.00725. The molecule has 37 heavy (non-hydrogen) atoms. The first-order valence-electron chi connectivity index (χ1n) is 12.0. The Labute approximate surface area is 218 Å². The Balaban J connectivity index is 1.64. The molecule has 2 heterocycles. The highest BCUT2D eigenvalue weighted by Gasteiger charge is 2.48. The van der Waals surface area contributed by atoms with Crippen molar-refractivity contribution in [2.75, 3.05) is 18.6 Å². The Morgan fingerprint density at radius 3 is 2.41 bits per heavy atom. The van der Waals surface area contributed by atoms with Crippen molar-refractivity contribution >= 4 is 44.1 Å². The van der Waals surface area contributed by atoms with Crippen LogP contribution >= 0.6 is 11.3 Å². The molecule has 1 atom stereocenters. The zero-order valence-corrected chi connectivity index (χ0v) is 21.5. The van der Waals surface area contributed by atoms with Crippen LogP contribution in [0.2, 0.25) is 0 Å². The van der Waals surface area contributed by atoms with E-state index in [-0.39, 0.29) is 11.3 Å². The lowest BCUT2D eigenvalue weighted by atomic mass is 9.95. The van der Waals surface area contributed by atoms with Gasteiger partial charge in [-0.25, -0.2) is 4.98 Å². The van der Waals surface area contributed by atoms with Crippen molar-refractivity contribution in [1.82, 2.24) is 4.98 Å². The average Bonchev–Trinajstić information content (AvgIpc) is 3.45. The molecule has 1 aromatic heterocycles. The average molecular weight is 515 g/mol. The highest BCUT2D eigenvalue weighted by atomic mass is 32.1. The van der Waals surface area contributed by atoms with Gasteiger partial charge < -0.3 is 14.6 Å². The number of hydrogen-bond donors (Lipinski definition) is 1. The van der Waals surface area contributed by atoms with Crippen molar-refractivity contribution in [2.45, 2.75) is 26.3 Å². The Morgan fingerprint density at radius 2 is 1.73 bits per heavy atom. The SMILES string of the molecule is CCCOc1ccc(/C(O)=C2\C(=O)C(=O)N(c3nc4ccc(C)cc4s3)C2c2ccc(OC)cc2)cc1. The lowest BCUT2D eigenvalue weighted by Gasteiger charge is -2.23. The second-order valence-electron chi connectivity index (χ2n) is 8.78. The maximum Gasteiger partial charge on any atom is 0.301 e. The Bertz CT molecular complexity index is 1510. The number of methoxy groups -OCH3 is 1. The maximum atomic E-state index is 13.4. The van der Waals surface area contributed by atoms with Crippen LogP contribution in [0.25, 0.3) is 16.0 Å². The van der Waals surface area contributed by atoms with E-state index in [0.717, 1.165) is 22.2 Å². The van der Waals surface area contributed by atoms with Crippen molar-refractivity contribution in [3.63, 3.8) is 0 Å². The predicted molar refractivity (Wildman–Crippen MR) is 144 cm³/mol. The van der Waals surface area contributed by atoms with Gasteiger partial charge in [-0.05, 0) is 73.0 Å². The van der Waals surface area contributed by atoms with Gasteiger partial charge in [0.05, 0.1) is 35.5 Å². The van der Waals surface area contributed by atoms with Gasteiger partial charge in [0.25, 0.3) is 5.78 Å². The first-order chi connectivity index (χ1) is 17.9. The maximum absolute atomic E-state index is 13.4. The molecular weight excluding hydrogens is 488 g/mol. The zero-order chi connectivity index (χ0) is 26.1. The molecule has 0 saturated carbocycles. The number of rotatable bonds is 7. The van der Waals surface area contributed by atoms with Crippen LogP contribution in [0.3, 0.4) is 0 Å². The Kier molecular flexibility index (Phi) is 6.67. The fourth-order valence-corrected chi connectivity index (χ4v) is 5.43. The number of carbonyl (C=O) groups is 2. The molecule has 0 spiro atoms. The number of carbonyl (C=O) groups excluding carboxylic acids is 2. The van der Waals surface area contributed by atoms with Gasteiger partial charge in [0.1, 0.15) is 17.3 Å². The molecule has 1 N–H and O–H groups in total. The van der Waals surface area contributed by atoms with Crippen LogP contribution in [-0.4, -0.2) is 35.5 Å². The first-order valence-corrected chi connectivity index (χ1v) is 12.8. The number of aromatic nitrogens is 1. The molecular formula is C29H26N2O5S. The third kappa shape index (κ3) is 4.56. The summed E-state index contributed by atoms with van der Waals surface area (Å²) in [6.07, 6.45) is 0.873. The molecule has 188 valence electrons. The van der Waals surface area contributed by atoms with Gasteiger partial charge in [-0.15, -0.1) is 0 Å². The molecule has 7 nitrogen and oxygen atoms in total. The summed E-state index contributed by atoms with van der Waals surface area (Å²) in [5, 5.41) is 11.7. The Hall–Kier alpha value is -4.17. The van der Waals surface area contributed by atoms with E-state index in [2.05, 4.69) is 4.98 Å². The lowest BCUT2D eigenvalue weighted by molar-refractivity contribution is -0.132. The van der Waals surface area contributed by atoms with Gasteiger partial charge in [-0.1, -0.05) is 36.5 Å². The van der Waals surface area contributed by atoms with Crippen LogP contribution in [0.1, 0.15) is 36.1 Å². The number of benzene rings is 3. The number of amides is 1. The quantitative estimate of drug-likeness (QED) is 0.184. The minimum Gasteiger partial charge on any atom is -0.507 e. The number of hydrogen-bond acceptors (Lipinski definition) is 7. The molecule has 5 rings (SSSR count). The summed E-state index contributed by atoms with van der Waals surface area (Å²) >= 11 is 1.34. The van der Waals surface area contributed by atoms with E-state index in [1.165, 1.54) is 16.2 Å². The fraction of sp³-hybridized carbons (Fsp3) is 0.207. The van der Waals surface area contributed by atoms with Gasteiger partial charge in [0.15, 0.2) is 5.13 Å². The number of ketones is 1. The summed E-state index contributed by atoms with van der Waals surface area (Å²) < 4.78 is 11.8. The topological polar surface area (TPSA) is 89.0 Å². The standard InChI is InChI=1S/C29H26N2O5S/c1-4-15-36-21-12-8-19(9-13-21)26(32)24-25(18-6-10-20(35-3)11-7-18)31(28(34)27(24)33)29-30-22-14-5-17(2)16-23(22)37-29/h5-14,16,25,32H,4,15H2,1-3H3/b26-24+. The van der Waals surface area contributed by atoms with Crippen LogP contribution in [0.15, 0.2) is 72.3 Å². The smallest absolute Gasteiger partial charge is 0.301 e. The summed E-state index contributed by atoms with van der Waals surface area (Å²) in [6.45, 7) is 4.58. The van der Waals surface area contributed by atoms with Crippen LogP contribution < -0.4 is 14.4 Å². The number of aryl methyl sites for hydroxylation is 1. The number of anilines is 1. The van der Waals surface area contributed by atoms with E-state index in [4.69, 9.17) is 9.47 Å².